The van der Waals surface area contributed by atoms with Gasteiger partial charge in [0.15, 0.2) is 0 Å². The van der Waals surface area contributed by atoms with Crippen LogP contribution >= 0.6 is 34.8 Å². The molecule has 0 aliphatic carbocycles. The Bertz CT molecular complexity index is 1240. The molecule has 1 N–H and O–H groups in total. The number of carbonyl (C=O) groups excluding carboxylic acids is 1. The van der Waals surface area contributed by atoms with E-state index < -0.39 is 5.91 Å². The minimum Gasteiger partial charge on any atom is -0.488 e. The van der Waals surface area contributed by atoms with Crippen LogP contribution in [0.4, 0.5) is 5.69 Å². The van der Waals surface area contributed by atoms with Crippen LogP contribution < -0.4 is 14.8 Å². The van der Waals surface area contributed by atoms with Crippen molar-refractivity contribution in [3.05, 3.63) is 92.4 Å². The largest absolute Gasteiger partial charge is 0.488 e. The van der Waals surface area contributed by atoms with E-state index in [2.05, 4.69) is 5.32 Å². The van der Waals surface area contributed by atoms with Crippen LogP contribution in [0, 0.1) is 18.3 Å². The van der Waals surface area contributed by atoms with Crippen molar-refractivity contribution in [3.63, 3.8) is 0 Å². The molecule has 0 spiro atoms. The van der Waals surface area contributed by atoms with Gasteiger partial charge in [-0.15, -0.1) is 0 Å². The first-order chi connectivity index (χ1) is 15.9. The third-order valence-electron chi connectivity index (χ3n) is 4.52. The number of nitrogens with one attached hydrogen (secondary N) is 1. The van der Waals surface area contributed by atoms with E-state index in [9.17, 15) is 10.1 Å². The number of halogens is 3. The molecule has 168 valence electrons. The van der Waals surface area contributed by atoms with E-state index in [0.717, 1.165) is 5.56 Å². The monoisotopic (exact) mass is 500 g/mol. The standard InChI is InChI=1S/C25H19Cl3N2O3/c1-16-6-2-4-8-22(16)30-25(31)18(15-29)12-17-13-19(26)14-21(28)24(17)33-11-10-32-23-9-5-3-7-20(23)27/h2-9,12-14H,10-11H2,1H3,(H,30,31). The predicted octanol–water partition coefficient (Wildman–Crippen LogP) is 6.96. The van der Waals surface area contributed by atoms with Gasteiger partial charge in [0.25, 0.3) is 5.91 Å². The summed E-state index contributed by atoms with van der Waals surface area (Å²) in [5.41, 5.74) is 1.74. The maximum absolute atomic E-state index is 12.7. The van der Waals surface area contributed by atoms with Crippen molar-refractivity contribution in [1.29, 1.82) is 5.26 Å². The number of hydrogen-bond donors (Lipinski definition) is 1. The first kappa shape index (κ1) is 24.5. The summed E-state index contributed by atoms with van der Waals surface area (Å²) in [5.74, 6) is 0.251. The zero-order valence-electron chi connectivity index (χ0n) is 17.6. The third kappa shape index (κ3) is 6.66. The van der Waals surface area contributed by atoms with E-state index in [-0.39, 0.29) is 29.6 Å². The second-order valence-corrected chi connectivity index (χ2v) is 8.12. The number of hydrogen-bond acceptors (Lipinski definition) is 4. The van der Waals surface area contributed by atoms with Crippen LogP contribution in [0.15, 0.2) is 66.2 Å². The number of aryl methyl sites for hydroxylation is 1. The lowest BCUT2D eigenvalue weighted by Crippen LogP contribution is -2.14. The Labute approximate surface area is 207 Å². The average molecular weight is 502 g/mol. The molecule has 8 heteroatoms. The normalized spacial score (nSPS) is 10.9. The van der Waals surface area contributed by atoms with E-state index >= 15 is 0 Å². The van der Waals surface area contributed by atoms with Gasteiger partial charge in [-0.2, -0.15) is 5.26 Å². The second-order valence-electron chi connectivity index (χ2n) is 6.87. The highest BCUT2D eigenvalue weighted by molar-refractivity contribution is 6.36. The van der Waals surface area contributed by atoms with Gasteiger partial charge in [-0.1, -0.05) is 65.1 Å². The molecule has 3 aromatic carbocycles. The Kier molecular flexibility index (Phi) is 8.62. The summed E-state index contributed by atoms with van der Waals surface area (Å²) in [6.07, 6.45) is 1.38. The number of amides is 1. The smallest absolute Gasteiger partial charge is 0.266 e. The van der Waals surface area contributed by atoms with Crippen molar-refractivity contribution in [3.8, 4) is 17.6 Å². The summed E-state index contributed by atoms with van der Waals surface area (Å²) in [4.78, 5) is 12.7. The Morgan fingerprint density at radius 2 is 1.70 bits per heavy atom. The van der Waals surface area contributed by atoms with E-state index in [1.807, 2.05) is 31.2 Å². The first-order valence-electron chi connectivity index (χ1n) is 9.87. The van der Waals surface area contributed by atoms with Crippen molar-refractivity contribution in [2.24, 2.45) is 0 Å². The number of anilines is 1. The predicted molar refractivity (Wildman–Crippen MR) is 132 cm³/mol. The lowest BCUT2D eigenvalue weighted by atomic mass is 10.1. The molecule has 3 aromatic rings. The summed E-state index contributed by atoms with van der Waals surface area (Å²) < 4.78 is 11.4. The Balaban J connectivity index is 1.77. The number of nitriles is 1. The number of rotatable bonds is 8. The highest BCUT2D eigenvalue weighted by Gasteiger charge is 2.15. The second kappa shape index (κ2) is 11.6. The fourth-order valence-corrected chi connectivity index (χ4v) is 3.66. The molecule has 0 fully saturated rings. The minimum atomic E-state index is -0.559. The zero-order valence-corrected chi connectivity index (χ0v) is 19.8. The van der Waals surface area contributed by atoms with Gasteiger partial charge >= 0.3 is 0 Å². The summed E-state index contributed by atoms with van der Waals surface area (Å²) in [6.45, 7) is 2.20. The SMILES string of the molecule is Cc1ccccc1NC(=O)C(C#N)=Cc1cc(Cl)cc(Cl)c1OCCOc1ccccc1Cl. The molecule has 0 aliphatic heterocycles. The summed E-state index contributed by atoms with van der Waals surface area (Å²) >= 11 is 18.6. The summed E-state index contributed by atoms with van der Waals surface area (Å²) in [7, 11) is 0. The zero-order chi connectivity index (χ0) is 23.8. The fourth-order valence-electron chi connectivity index (χ4n) is 2.90. The van der Waals surface area contributed by atoms with E-state index in [0.29, 0.717) is 27.0 Å². The van der Waals surface area contributed by atoms with Crippen molar-refractivity contribution in [2.75, 3.05) is 18.5 Å². The molecule has 0 saturated carbocycles. The first-order valence-corrected chi connectivity index (χ1v) is 11.0. The molecule has 3 rings (SSSR count). The van der Waals surface area contributed by atoms with Crippen molar-refractivity contribution >= 4 is 52.5 Å². The molecule has 33 heavy (non-hydrogen) atoms. The fraction of sp³-hybridized carbons (Fsp3) is 0.120. The molecule has 1 amide bonds. The van der Waals surface area contributed by atoms with Crippen molar-refractivity contribution in [2.45, 2.75) is 6.92 Å². The van der Waals surface area contributed by atoms with Gasteiger partial charge in [-0.25, -0.2) is 0 Å². The molecule has 0 aliphatic rings. The van der Waals surface area contributed by atoms with Gasteiger partial charge < -0.3 is 14.8 Å². The van der Waals surface area contributed by atoms with Crippen LogP contribution in [0.5, 0.6) is 11.5 Å². The average Bonchev–Trinajstić information content (AvgIpc) is 2.78. The lowest BCUT2D eigenvalue weighted by Gasteiger charge is -2.13. The molecule has 0 atom stereocenters. The van der Waals surface area contributed by atoms with Crippen LogP contribution in [0.3, 0.4) is 0 Å². The van der Waals surface area contributed by atoms with Gasteiger partial charge in [0, 0.05) is 16.3 Å². The molecule has 0 saturated heterocycles. The van der Waals surface area contributed by atoms with Crippen molar-refractivity contribution in [1.82, 2.24) is 0 Å². The number of benzene rings is 3. The molecule has 0 heterocycles. The Morgan fingerprint density at radius 1 is 1.00 bits per heavy atom. The highest BCUT2D eigenvalue weighted by atomic mass is 35.5. The van der Waals surface area contributed by atoms with Crippen LogP contribution in [0.25, 0.3) is 6.08 Å². The molecular weight excluding hydrogens is 483 g/mol. The Morgan fingerprint density at radius 3 is 2.42 bits per heavy atom. The summed E-state index contributed by atoms with van der Waals surface area (Å²) in [6, 6.07) is 19.4. The minimum absolute atomic E-state index is 0.131. The molecule has 5 nitrogen and oxygen atoms in total. The molecule has 0 radical (unpaired) electrons. The number of para-hydroxylation sites is 2. The van der Waals surface area contributed by atoms with Gasteiger partial charge in [0.05, 0.1) is 10.0 Å². The number of ether oxygens (including phenoxy) is 2. The van der Waals surface area contributed by atoms with E-state index in [1.165, 1.54) is 12.1 Å². The van der Waals surface area contributed by atoms with E-state index in [1.54, 1.807) is 36.4 Å². The number of carbonyl (C=O) groups is 1. The quantitative estimate of drug-likeness (QED) is 0.206. The molecular formula is C25H19Cl3N2O3. The molecule has 0 unspecified atom stereocenters. The van der Waals surface area contributed by atoms with Gasteiger partial charge in [0.1, 0.15) is 36.4 Å². The van der Waals surface area contributed by atoms with Gasteiger partial charge in [-0.05, 0) is 48.9 Å². The van der Waals surface area contributed by atoms with Crippen molar-refractivity contribution < 1.29 is 14.3 Å². The highest BCUT2D eigenvalue weighted by Crippen LogP contribution is 2.34. The molecule has 0 bridgehead atoms. The van der Waals surface area contributed by atoms with Crippen LogP contribution in [0.2, 0.25) is 15.1 Å². The maximum atomic E-state index is 12.7. The maximum Gasteiger partial charge on any atom is 0.266 e. The molecule has 0 aromatic heterocycles. The lowest BCUT2D eigenvalue weighted by molar-refractivity contribution is -0.112. The Hall–Kier alpha value is -3.17. The van der Waals surface area contributed by atoms with Gasteiger partial charge in [-0.3, -0.25) is 4.79 Å². The van der Waals surface area contributed by atoms with E-state index in [4.69, 9.17) is 44.3 Å². The topological polar surface area (TPSA) is 71.4 Å². The van der Waals surface area contributed by atoms with Crippen LogP contribution in [-0.2, 0) is 4.79 Å². The third-order valence-corrected chi connectivity index (χ3v) is 5.33. The van der Waals surface area contributed by atoms with Crippen LogP contribution in [0.1, 0.15) is 11.1 Å². The summed E-state index contributed by atoms with van der Waals surface area (Å²) in [5, 5.41) is 13.4. The van der Waals surface area contributed by atoms with Gasteiger partial charge in [0.2, 0.25) is 0 Å². The number of nitrogens with zero attached hydrogens (tertiary/aromatic N) is 1. The van der Waals surface area contributed by atoms with Crippen LogP contribution in [-0.4, -0.2) is 19.1 Å².